The highest BCUT2D eigenvalue weighted by Crippen LogP contribution is 2.47. The van der Waals surface area contributed by atoms with Crippen LogP contribution in [-0.2, 0) is 10.7 Å². The summed E-state index contributed by atoms with van der Waals surface area (Å²) in [4.78, 5) is 10.6. The molecule has 3 aromatic carbocycles. The summed E-state index contributed by atoms with van der Waals surface area (Å²) >= 11 is 0. The van der Waals surface area contributed by atoms with Crippen LogP contribution in [0.25, 0.3) is 0 Å². The van der Waals surface area contributed by atoms with E-state index in [-0.39, 0.29) is 24.6 Å². The molecule has 0 saturated carbocycles. The lowest BCUT2D eigenvalue weighted by Gasteiger charge is -2.30. The van der Waals surface area contributed by atoms with Crippen LogP contribution in [0.2, 0.25) is 0 Å². The van der Waals surface area contributed by atoms with E-state index < -0.39 is 25.6 Å². The Labute approximate surface area is 184 Å². The molecule has 0 amide bonds. The van der Waals surface area contributed by atoms with Crippen molar-refractivity contribution in [3.05, 3.63) is 96.1 Å². The molecule has 5 nitrogen and oxygen atoms in total. The Balaban J connectivity index is 1.83. The van der Waals surface area contributed by atoms with Crippen LogP contribution in [0, 0.1) is 0 Å². The van der Waals surface area contributed by atoms with Crippen molar-refractivity contribution in [2.24, 2.45) is 0 Å². The van der Waals surface area contributed by atoms with Crippen LogP contribution in [0.1, 0.15) is 24.2 Å². The van der Waals surface area contributed by atoms with Gasteiger partial charge in [0.15, 0.2) is 0 Å². The van der Waals surface area contributed by atoms with Gasteiger partial charge in [-0.25, -0.2) is 4.57 Å². The lowest BCUT2D eigenvalue weighted by molar-refractivity contribution is -0.137. The quantitative estimate of drug-likeness (QED) is 0.375. The smallest absolute Gasteiger partial charge is 0.458 e. The molecule has 1 N–H and O–H groups in total. The predicted molar refractivity (Wildman–Crippen MR) is 115 cm³/mol. The number of halogens is 3. The van der Waals surface area contributed by atoms with Crippen molar-refractivity contribution in [1.29, 1.82) is 0 Å². The molecule has 3 aromatic rings. The molecular weight excluding hydrogens is 442 g/mol. The third-order valence-corrected chi connectivity index (χ3v) is 6.31. The lowest BCUT2D eigenvalue weighted by atomic mass is 10.1. The summed E-state index contributed by atoms with van der Waals surface area (Å²) in [5.74, 6) is 0.455. The first kappa shape index (κ1) is 23.9. The average molecular weight is 465 g/mol. The molecule has 0 saturated heterocycles. The Morgan fingerprint density at radius 3 is 2.00 bits per heavy atom. The first-order valence-corrected chi connectivity index (χ1v) is 11.4. The Morgan fingerprint density at radius 2 is 1.47 bits per heavy atom. The van der Waals surface area contributed by atoms with E-state index in [9.17, 15) is 22.6 Å². The molecule has 0 aliphatic carbocycles. The maximum absolute atomic E-state index is 13.0. The van der Waals surface area contributed by atoms with E-state index in [0.717, 1.165) is 12.1 Å². The maximum atomic E-state index is 13.0. The SMILES string of the molecule is CCN(CC(Oc1ccc(C(F)(F)F)cc1)c1ccccc1)P(=O)(O)Oc1ccccc1. The van der Waals surface area contributed by atoms with Gasteiger partial charge in [0.05, 0.1) is 12.1 Å². The number of alkyl halides is 3. The summed E-state index contributed by atoms with van der Waals surface area (Å²) in [7, 11) is -4.23. The molecule has 0 spiro atoms. The van der Waals surface area contributed by atoms with Crippen molar-refractivity contribution in [2.75, 3.05) is 13.1 Å². The zero-order chi connectivity index (χ0) is 23.2. The third kappa shape index (κ3) is 6.36. The second-order valence-electron chi connectivity index (χ2n) is 6.94. The minimum Gasteiger partial charge on any atom is -0.484 e. The van der Waals surface area contributed by atoms with E-state index in [2.05, 4.69) is 0 Å². The average Bonchev–Trinajstić information content (AvgIpc) is 2.77. The Hall–Kier alpha value is -2.80. The minimum atomic E-state index is -4.45. The molecule has 9 heteroatoms. The van der Waals surface area contributed by atoms with E-state index in [1.165, 1.54) is 16.8 Å². The molecule has 170 valence electrons. The third-order valence-electron chi connectivity index (χ3n) is 4.70. The van der Waals surface area contributed by atoms with Crippen LogP contribution >= 0.6 is 7.75 Å². The van der Waals surface area contributed by atoms with Gasteiger partial charge in [0.25, 0.3) is 0 Å². The molecule has 2 atom stereocenters. The number of hydrogen-bond acceptors (Lipinski definition) is 3. The molecular formula is C23H23F3NO4P. The van der Waals surface area contributed by atoms with Crippen molar-refractivity contribution < 1.29 is 31.9 Å². The van der Waals surface area contributed by atoms with Gasteiger partial charge in [-0.15, -0.1) is 0 Å². The van der Waals surface area contributed by atoms with Crippen molar-refractivity contribution in [3.63, 3.8) is 0 Å². The van der Waals surface area contributed by atoms with Gasteiger partial charge in [0.1, 0.15) is 17.6 Å². The van der Waals surface area contributed by atoms with E-state index in [1.54, 1.807) is 61.5 Å². The van der Waals surface area contributed by atoms with E-state index in [4.69, 9.17) is 9.26 Å². The summed E-state index contributed by atoms with van der Waals surface area (Å²) in [5, 5.41) is 0. The predicted octanol–water partition coefficient (Wildman–Crippen LogP) is 6.33. The van der Waals surface area contributed by atoms with Gasteiger partial charge in [-0.05, 0) is 42.0 Å². The minimum absolute atomic E-state index is 0.0256. The van der Waals surface area contributed by atoms with Gasteiger partial charge < -0.3 is 14.2 Å². The van der Waals surface area contributed by atoms with Gasteiger partial charge in [-0.3, -0.25) is 0 Å². The number of nitrogens with zero attached hydrogens (tertiary/aromatic N) is 1. The number of rotatable bonds is 9. The summed E-state index contributed by atoms with van der Waals surface area (Å²) in [6.07, 6.45) is -5.18. The fourth-order valence-corrected chi connectivity index (χ4v) is 4.27. The number of para-hydroxylation sites is 1. The summed E-state index contributed by atoms with van der Waals surface area (Å²) in [5.41, 5.74) is -0.0852. The lowest BCUT2D eigenvalue weighted by Crippen LogP contribution is -2.30. The van der Waals surface area contributed by atoms with Crippen LogP contribution in [0.4, 0.5) is 13.2 Å². The normalized spacial score (nSPS) is 14.6. The molecule has 0 heterocycles. The van der Waals surface area contributed by atoms with Gasteiger partial charge in [0.2, 0.25) is 0 Å². The fraction of sp³-hybridized carbons (Fsp3) is 0.217. The Morgan fingerprint density at radius 1 is 0.906 bits per heavy atom. The molecule has 2 unspecified atom stereocenters. The van der Waals surface area contributed by atoms with Gasteiger partial charge in [-0.2, -0.15) is 17.8 Å². The molecule has 0 radical (unpaired) electrons. The van der Waals surface area contributed by atoms with Crippen LogP contribution in [0.15, 0.2) is 84.9 Å². The van der Waals surface area contributed by atoms with Gasteiger partial charge in [-0.1, -0.05) is 55.5 Å². The largest absolute Gasteiger partial charge is 0.484 e. The van der Waals surface area contributed by atoms with Crippen molar-refractivity contribution in [3.8, 4) is 11.5 Å². The van der Waals surface area contributed by atoms with Crippen LogP contribution in [0.5, 0.6) is 11.5 Å². The highest BCUT2D eigenvalue weighted by Gasteiger charge is 2.34. The van der Waals surface area contributed by atoms with Crippen molar-refractivity contribution in [1.82, 2.24) is 4.67 Å². The van der Waals surface area contributed by atoms with E-state index in [0.29, 0.717) is 5.56 Å². The molecule has 0 aromatic heterocycles. The van der Waals surface area contributed by atoms with Crippen molar-refractivity contribution in [2.45, 2.75) is 19.2 Å². The molecule has 0 fully saturated rings. The fourth-order valence-electron chi connectivity index (χ4n) is 3.04. The van der Waals surface area contributed by atoms with Crippen LogP contribution in [0.3, 0.4) is 0 Å². The zero-order valence-electron chi connectivity index (χ0n) is 17.3. The monoisotopic (exact) mass is 465 g/mol. The van der Waals surface area contributed by atoms with Crippen molar-refractivity contribution >= 4 is 7.75 Å². The molecule has 0 bridgehead atoms. The van der Waals surface area contributed by atoms with E-state index in [1.807, 2.05) is 6.07 Å². The van der Waals surface area contributed by atoms with Gasteiger partial charge >= 0.3 is 13.9 Å². The van der Waals surface area contributed by atoms with Crippen LogP contribution < -0.4 is 9.26 Å². The molecule has 0 aliphatic heterocycles. The number of hydrogen-bond donors (Lipinski definition) is 1. The second kappa shape index (κ2) is 10.2. The number of ether oxygens (including phenoxy) is 1. The van der Waals surface area contributed by atoms with Gasteiger partial charge in [0, 0.05) is 6.54 Å². The first-order chi connectivity index (χ1) is 15.2. The highest BCUT2D eigenvalue weighted by atomic mass is 31.2. The van der Waals surface area contributed by atoms with Crippen LogP contribution in [-0.4, -0.2) is 22.7 Å². The maximum Gasteiger partial charge on any atom is 0.458 e. The van der Waals surface area contributed by atoms with E-state index >= 15 is 0 Å². The number of likely N-dealkylation sites (N-methyl/N-ethyl adjacent to an activating group) is 1. The Bertz CT molecular complexity index is 1030. The number of benzene rings is 3. The summed E-state index contributed by atoms with van der Waals surface area (Å²) in [6.45, 7) is 1.86. The topological polar surface area (TPSA) is 59.0 Å². The summed E-state index contributed by atoms with van der Waals surface area (Å²) < 4.78 is 64.1. The Kier molecular flexibility index (Phi) is 7.61. The highest BCUT2D eigenvalue weighted by molar-refractivity contribution is 7.50. The molecule has 3 rings (SSSR count). The summed E-state index contributed by atoms with van der Waals surface area (Å²) in [6, 6.07) is 21.6. The standard InChI is InChI=1S/C23H23F3NO4P/c1-2-27(32(28,29)31-21-11-7-4-8-12-21)17-22(18-9-5-3-6-10-18)30-20-15-13-19(14-16-20)23(24,25)26/h3-16,22H,2,17H2,1H3,(H,28,29). The molecule has 32 heavy (non-hydrogen) atoms. The molecule has 0 aliphatic rings. The first-order valence-electron chi connectivity index (χ1n) is 9.91. The second-order valence-corrected chi connectivity index (χ2v) is 8.67. The zero-order valence-corrected chi connectivity index (χ0v) is 18.2.